The monoisotopic (exact) mass is 713 g/mol. The zero-order valence-corrected chi connectivity index (χ0v) is 30.6. The second kappa shape index (κ2) is 13.2. The number of fused-ring (bicyclic) bond motifs is 9. The normalized spacial score (nSPS) is 11.6. The summed E-state index contributed by atoms with van der Waals surface area (Å²) in [6, 6.07) is 76.4. The fourth-order valence-corrected chi connectivity index (χ4v) is 8.54. The molecule has 0 saturated carbocycles. The van der Waals surface area contributed by atoms with Crippen molar-refractivity contribution in [3.05, 3.63) is 212 Å². The molecule has 0 atom stereocenters. The van der Waals surface area contributed by atoms with Crippen LogP contribution in [0.1, 0.15) is 0 Å². The number of nitrogens with zero attached hydrogens (tertiary/aromatic N) is 1. The van der Waals surface area contributed by atoms with E-state index >= 15 is 0 Å². The average molecular weight is 714 g/mol. The summed E-state index contributed by atoms with van der Waals surface area (Å²) in [4.78, 5) is 2.37. The van der Waals surface area contributed by atoms with Gasteiger partial charge in [-0.1, -0.05) is 164 Å². The molecule has 1 heterocycles. The summed E-state index contributed by atoms with van der Waals surface area (Å²) in [5.74, 6) is 0. The van der Waals surface area contributed by atoms with Gasteiger partial charge >= 0.3 is 0 Å². The molecular formula is C54H35NO. The Bertz CT molecular complexity index is 3100. The molecule has 0 fully saturated rings. The van der Waals surface area contributed by atoms with Crippen LogP contribution in [0.5, 0.6) is 0 Å². The molecule has 2 heteroatoms. The van der Waals surface area contributed by atoms with E-state index < -0.39 is 0 Å². The molecule has 1 aromatic heterocycles. The van der Waals surface area contributed by atoms with Gasteiger partial charge in [0.1, 0.15) is 11.2 Å². The van der Waals surface area contributed by atoms with Gasteiger partial charge in [-0.25, -0.2) is 0 Å². The van der Waals surface area contributed by atoms with Gasteiger partial charge in [-0.3, -0.25) is 0 Å². The van der Waals surface area contributed by atoms with Crippen molar-refractivity contribution in [2.75, 3.05) is 4.90 Å². The van der Waals surface area contributed by atoms with E-state index in [9.17, 15) is 0 Å². The fraction of sp³-hybridized carbons (Fsp3) is 0. The number of hydrogen-bond donors (Lipinski definition) is 0. The van der Waals surface area contributed by atoms with Crippen molar-refractivity contribution in [2.45, 2.75) is 0 Å². The molecule has 0 aliphatic heterocycles. The van der Waals surface area contributed by atoms with Gasteiger partial charge in [-0.15, -0.1) is 0 Å². The molecule has 0 radical (unpaired) electrons. The first-order valence-corrected chi connectivity index (χ1v) is 19.2. The smallest absolute Gasteiger partial charge is 0.143 e. The molecule has 2 nitrogen and oxygen atoms in total. The molecule has 0 bridgehead atoms. The lowest BCUT2D eigenvalue weighted by molar-refractivity contribution is 0.670. The summed E-state index contributed by atoms with van der Waals surface area (Å²) in [6.07, 6.45) is 0. The third-order valence-corrected chi connectivity index (χ3v) is 11.2. The van der Waals surface area contributed by atoms with Crippen molar-refractivity contribution in [1.82, 2.24) is 0 Å². The highest BCUT2D eigenvalue weighted by Crippen LogP contribution is 2.45. The number of anilines is 3. The van der Waals surface area contributed by atoms with E-state index in [1.807, 2.05) is 6.07 Å². The van der Waals surface area contributed by atoms with Crippen LogP contribution in [0.3, 0.4) is 0 Å². The minimum atomic E-state index is 0.879. The van der Waals surface area contributed by atoms with E-state index in [0.717, 1.165) is 50.1 Å². The fourth-order valence-electron chi connectivity index (χ4n) is 8.54. The molecule has 0 aliphatic carbocycles. The van der Waals surface area contributed by atoms with Gasteiger partial charge in [0.15, 0.2) is 0 Å². The van der Waals surface area contributed by atoms with Gasteiger partial charge in [-0.2, -0.15) is 0 Å². The Morgan fingerprint density at radius 2 is 0.696 bits per heavy atom. The molecule has 11 rings (SSSR count). The first-order valence-electron chi connectivity index (χ1n) is 19.2. The average Bonchev–Trinajstić information content (AvgIpc) is 3.66. The second-order valence-electron chi connectivity index (χ2n) is 14.5. The van der Waals surface area contributed by atoms with Crippen molar-refractivity contribution in [2.24, 2.45) is 0 Å². The topological polar surface area (TPSA) is 16.4 Å². The summed E-state index contributed by atoms with van der Waals surface area (Å²) >= 11 is 0. The van der Waals surface area contributed by atoms with E-state index in [-0.39, 0.29) is 0 Å². The Labute approximate surface area is 325 Å². The highest BCUT2D eigenvalue weighted by Gasteiger charge is 2.21. The van der Waals surface area contributed by atoms with Crippen molar-refractivity contribution in [1.29, 1.82) is 0 Å². The SMILES string of the molecule is c1ccc(-c2ccc(N(c3ccc(-c4ccccc4)cc3)c3cc(-c4ccc5c6ccccc6c6ccccc6c5c4)c4oc5ccccc5c4c3)cc2)cc1. The van der Waals surface area contributed by atoms with Gasteiger partial charge in [0.2, 0.25) is 0 Å². The highest BCUT2D eigenvalue weighted by molar-refractivity contribution is 6.26. The molecule has 0 amide bonds. The number of benzene rings is 10. The Morgan fingerprint density at radius 3 is 1.25 bits per heavy atom. The van der Waals surface area contributed by atoms with E-state index in [0.29, 0.717) is 0 Å². The number of para-hydroxylation sites is 1. The molecular weight excluding hydrogens is 679 g/mol. The molecule has 11 aromatic rings. The minimum absolute atomic E-state index is 0.879. The standard InChI is InChI=1S/C54H35NO/c1-3-13-36(14-4-1)38-23-28-41(29-24-38)55(42-30-25-39(26-31-42)37-15-5-2-6-16-37)43-34-50(54-52(35-43)49-21-11-12-22-53(49)56-54)40-27-32-48-46-19-8-7-17-44(46)45-18-9-10-20-47(45)51(48)33-40/h1-35H. The minimum Gasteiger partial charge on any atom is -0.455 e. The van der Waals surface area contributed by atoms with Crippen LogP contribution in [0.25, 0.3) is 87.6 Å². The van der Waals surface area contributed by atoms with Crippen LogP contribution in [-0.4, -0.2) is 0 Å². The highest BCUT2D eigenvalue weighted by atomic mass is 16.3. The van der Waals surface area contributed by atoms with Crippen LogP contribution < -0.4 is 4.90 Å². The Balaban J connectivity index is 1.15. The van der Waals surface area contributed by atoms with Gasteiger partial charge in [0.25, 0.3) is 0 Å². The van der Waals surface area contributed by atoms with Crippen molar-refractivity contribution in [3.8, 4) is 33.4 Å². The van der Waals surface area contributed by atoms with E-state index in [1.165, 1.54) is 54.6 Å². The molecule has 0 saturated heterocycles. The number of rotatable bonds is 6. The molecule has 0 unspecified atom stereocenters. The molecule has 0 aliphatic rings. The number of hydrogen-bond acceptors (Lipinski definition) is 2. The largest absolute Gasteiger partial charge is 0.455 e. The molecule has 262 valence electrons. The van der Waals surface area contributed by atoms with Gasteiger partial charge < -0.3 is 9.32 Å². The Morgan fingerprint density at radius 1 is 0.268 bits per heavy atom. The van der Waals surface area contributed by atoms with Gasteiger partial charge in [-0.05, 0) is 109 Å². The van der Waals surface area contributed by atoms with E-state index in [1.54, 1.807) is 0 Å². The molecule has 0 spiro atoms. The quantitative estimate of drug-likeness (QED) is 0.160. The zero-order valence-electron chi connectivity index (χ0n) is 30.6. The van der Waals surface area contributed by atoms with Crippen molar-refractivity contribution >= 4 is 71.3 Å². The van der Waals surface area contributed by atoms with Crippen molar-refractivity contribution in [3.63, 3.8) is 0 Å². The number of furan rings is 1. The second-order valence-corrected chi connectivity index (χ2v) is 14.5. The maximum absolute atomic E-state index is 6.76. The van der Waals surface area contributed by atoms with Crippen LogP contribution >= 0.6 is 0 Å². The summed E-state index contributed by atoms with van der Waals surface area (Å²) in [5.41, 5.74) is 11.9. The predicted molar refractivity (Wildman–Crippen MR) is 237 cm³/mol. The molecule has 10 aromatic carbocycles. The lowest BCUT2D eigenvalue weighted by Gasteiger charge is -2.27. The van der Waals surface area contributed by atoms with Crippen LogP contribution in [0.15, 0.2) is 217 Å². The van der Waals surface area contributed by atoms with Crippen LogP contribution in [-0.2, 0) is 0 Å². The lowest BCUT2D eigenvalue weighted by atomic mass is 9.91. The maximum Gasteiger partial charge on any atom is 0.143 e. The van der Waals surface area contributed by atoms with Gasteiger partial charge in [0.05, 0.1) is 0 Å². The third kappa shape index (κ3) is 5.34. The summed E-state index contributed by atoms with van der Waals surface area (Å²) in [5, 5.41) is 9.72. The maximum atomic E-state index is 6.76. The summed E-state index contributed by atoms with van der Waals surface area (Å²) in [6.45, 7) is 0. The summed E-state index contributed by atoms with van der Waals surface area (Å²) < 4.78 is 6.76. The Kier molecular flexibility index (Phi) is 7.53. The van der Waals surface area contributed by atoms with Crippen molar-refractivity contribution < 1.29 is 4.42 Å². The first-order chi connectivity index (χ1) is 27.8. The van der Waals surface area contributed by atoms with Gasteiger partial charge in [0, 0.05) is 33.4 Å². The lowest BCUT2D eigenvalue weighted by Crippen LogP contribution is -2.10. The zero-order chi connectivity index (χ0) is 37.0. The van der Waals surface area contributed by atoms with Crippen LogP contribution in [0.4, 0.5) is 17.1 Å². The third-order valence-electron chi connectivity index (χ3n) is 11.2. The van der Waals surface area contributed by atoms with E-state index in [2.05, 4.69) is 211 Å². The molecule has 56 heavy (non-hydrogen) atoms. The molecule has 0 N–H and O–H groups in total. The predicted octanol–water partition coefficient (Wildman–Crippen LogP) is 15.5. The van der Waals surface area contributed by atoms with E-state index in [4.69, 9.17) is 4.42 Å². The summed E-state index contributed by atoms with van der Waals surface area (Å²) in [7, 11) is 0. The van der Waals surface area contributed by atoms with Crippen LogP contribution in [0, 0.1) is 0 Å². The van der Waals surface area contributed by atoms with Crippen LogP contribution in [0.2, 0.25) is 0 Å². The first kappa shape index (κ1) is 32.0. The Hall–Kier alpha value is -7.42.